The highest BCUT2D eigenvalue weighted by molar-refractivity contribution is 5.92. The summed E-state index contributed by atoms with van der Waals surface area (Å²) in [6, 6.07) is 5.29. The van der Waals surface area contributed by atoms with Crippen molar-refractivity contribution in [2.45, 2.75) is 98.5 Å². The number of carbonyl (C=O) groups excluding carboxylic acids is 3. The average Bonchev–Trinajstić information content (AvgIpc) is 2.72. The smallest absolute Gasteiger partial charge is 0.408 e. The number of alkyl carbamates (subject to hydrolysis) is 1. The zero-order valence-corrected chi connectivity index (χ0v) is 22.3. The minimum atomic E-state index is -0.873. The Bertz CT molecular complexity index is 858. The molecule has 2 N–H and O–H groups in total. The van der Waals surface area contributed by atoms with E-state index in [-0.39, 0.29) is 29.8 Å². The van der Waals surface area contributed by atoms with E-state index in [1.54, 1.807) is 31.7 Å². The Balaban J connectivity index is 3.53. The van der Waals surface area contributed by atoms with Crippen LogP contribution in [0.25, 0.3) is 6.08 Å². The SMILES string of the molecule is C=Cc1cccc(C(C(=O)NC(C)C)N(C(=O)C(NC(=O)OC(C)(C)C)C(C)CC)C(C)C)c1. The minimum absolute atomic E-state index is 0.105. The van der Waals surface area contributed by atoms with Crippen LogP contribution in [0.4, 0.5) is 4.79 Å². The molecule has 0 saturated carbocycles. The Hall–Kier alpha value is -2.83. The van der Waals surface area contributed by atoms with E-state index in [0.29, 0.717) is 12.0 Å². The van der Waals surface area contributed by atoms with Gasteiger partial charge in [0.2, 0.25) is 11.8 Å². The van der Waals surface area contributed by atoms with Crippen LogP contribution in [0.2, 0.25) is 0 Å². The molecule has 1 aromatic carbocycles. The Morgan fingerprint density at radius 2 is 1.71 bits per heavy atom. The summed E-state index contributed by atoms with van der Waals surface area (Å²) in [5, 5.41) is 5.72. The number of ether oxygens (including phenoxy) is 1. The molecule has 34 heavy (non-hydrogen) atoms. The van der Waals surface area contributed by atoms with Crippen LogP contribution in [-0.2, 0) is 14.3 Å². The molecule has 0 heterocycles. The second-order valence-corrected chi connectivity index (χ2v) is 10.3. The molecule has 3 amide bonds. The van der Waals surface area contributed by atoms with E-state index in [2.05, 4.69) is 17.2 Å². The molecule has 0 radical (unpaired) electrons. The summed E-state index contributed by atoms with van der Waals surface area (Å²) in [6.07, 6.45) is 1.70. The van der Waals surface area contributed by atoms with Crippen molar-refractivity contribution in [3.63, 3.8) is 0 Å². The van der Waals surface area contributed by atoms with E-state index >= 15 is 0 Å². The molecule has 3 atom stereocenters. The summed E-state index contributed by atoms with van der Waals surface area (Å²) in [5.74, 6) is -0.781. The molecule has 0 bridgehead atoms. The first-order chi connectivity index (χ1) is 15.7. The number of nitrogens with zero attached hydrogens (tertiary/aromatic N) is 1. The molecule has 190 valence electrons. The predicted octanol–water partition coefficient (Wildman–Crippen LogP) is 5.07. The van der Waals surface area contributed by atoms with E-state index in [9.17, 15) is 14.4 Å². The van der Waals surface area contributed by atoms with Gasteiger partial charge in [-0.2, -0.15) is 0 Å². The predicted molar refractivity (Wildman–Crippen MR) is 137 cm³/mol. The Morgan fingerprint density at radius 1 is 1.09 bits per heavy atom. The molecule has 7 heteroatoms. The second kappa shape index (κ2) is 12.6. The molecule has 0 aliphatic rings. The quantitative estimate of drug-likeness (QED) is 0.496. The van der Waals surface area contributed by atoms with E-state index in [1.165, 1.54) is 0 Å². The first kappa shape index (κ1) is 29.2. The third kappa shape index (κ3) is 8.50. The Morgan fingerprint density at radius 3 is 2.18 bits per heavy atom. The lowest BCUT2D eigenvalue weighted by atomic mass is 9.94. The standard InChI is InChI=1S/C27H43N3O4/c1-11-19(7)22(29-26(33)34-27(8,9)10)25(32)30(18(5)6)23(24(31)28-17(3)4)21-15-13-14-20(12-2)16-21/h12-19,22-23H,2,11H2,1,3-10H3,(H,28,31)(H,29,33). The number of amides is 3. The summed E-state index contributed by atoms with van der Waals surface area (Å²) < 4.78 is 5.42. The topological polar surface area (TPSA) is 87.7 Å². The molecule has 0 aromatic heterocycles. The molecule has 7 nitrogen and oxygen atoms in total. The second-order valence-electron chi connectivity index (χ2n) is 10.3. The zero-order chi connectivity index (χ0) is 26.2. The molecule has 0 aliphatic heterocycles. The number of benzene rings is 1. The highest BCUT2D eigenvalue weighted by Crippen LogP contribution is 2.28. The van der Waals surface area contributed by atoms with Crippen LogP contribution in [0.3, 0.4) is 0 Å². The fourth-order valence-corrected chi connectivity index (χ4v) is 3.62. The van der Waals surface area contributed by atoms with Gasteiger partial charge in [0.1, 0.15) is 17.7 Å². The summed E-state index contributed by atoms with van der Waals surface area (Å²) in [7, 11) is 0. The molecule has 3 unspecified atom stereocenters. The van der Waals surface area contributed by atoms with Gasteiger partial charge in [0.15, 0.2) is 0 Å². The number of nitrogens with one attached hydrogen (secondary N) is 2. The van der Waals surface area contributed by atoms with Crippen LogP contribution < -0.4 is 10.6 Å². The lowest BCUT2D eigenvalue weighted by Crippen LogP contribution is -2.57. The molecule has 1 aromatic rings. The molecule has 0 fully saturated rings. The lowest BCUT2D eigenvalue weighted by molar-refractivity contribution is -0.145. The first-order valence-electron chi connectivity index (χ1n) is 12.1. The van der Waals surface area contributed by atoms with Crippen molar-refractivity contribution in [1.82, 2.24) is 15.5 Å². The van der Waals surface area contributed by atoms with Crippen LogP contribution >= 0.6 is 0 Å². The number of hydrogen-bond donors (Lipinski definition) is 2. The monoisotopic (exact) mass is 473 g/mol. The lowest BCUT2D eigenvalue weighted by Gasteiger charge is -2.38. The van der Waals surface area contributed by atoms with Gasteiger partial charge in [-0.25, -0.2) is 4.79 Å². The molecular formula is C27H43N3O4. The molecule has 0 spiro atoms. The van der Waals surface area contributed by atoms with Crippen LogP contribution in [0, 0.1) is 5.92 Å². The van der Waals surface area contributed by atoms with Crippen molar-refractivity contribution >= 4 is 24.0 Å². The van der Waals surface area contributed by atoms with Gasteiger partial charge in [-0.15, -0.1) is 0 Å². The van der Waals surface area contributed by atoms with Gasteiger partial charge in [-0.05, 0) is 71.6 Å². The maximum atomic E-state index is 14.0. The van der Waals surface area contributed by atoms with Crippen LogP contribution in [-0.4, -0.2) is 46.5 Å². The van der Waals surface area contributed by atoms with Crippen molar-refractivity contribution in [2.24, 2.45) is 5.92 Å². The van der Waals surface area contributed by atoms with E-state index in [0.717, 1.165) is 5.56 Å². The Kier molecular flexibility index (Phi) is 10.8. The number of hydrogen-bond acceptors (Lipinski definition) is 4. The van der Waals surface area contributed by atoms with Gasteiger partial charge in [-0.3, -0.25) is 9.59 Å². The maximum absolute atomic E-state index is 14.0. The van der Waals surface area contributed by atoms with Crippen molar-refractivity contribution in [3.8, 4) is 0 Å². The van der Waals surface area contributed by atoms with E-state index in [1.807, 2.05) is 65.8 Å². The van der Waals surface area contributed by atoms with Crippen molar-refractivity contribution in [2.75, 3.05) is 0 Å². The third-order valence-corrected chi connectivity index (χ3v) is 5.38. The van der Waals surface area contributed by atoms with Crippen LogP contribution in [0.5, 0.6) is 0 Å². The summed E-state index contributed by atoms with van der Waals surface area (Å²) >= 11 is 0. The molecule has 0 aliphatic carbocycles. The first-order valence-corrected chi connectivity index (χ1v) is 12.1. The minimum Gasteiger partial charge on any atom is -0.444 e. The summed E-state index contributed by atoms with van der Waals surface area (Å²) in [6.45, 7) is 20.5. The van der Waals surface area contributed by atoms with Crippen LogP contribution in [0.1, 0.15) is 85.9 Å². The van der Waals surface area contributed by atoms with Crippen LogP contribution in [0.15, 0.2) is 30.8 Å². The van der Waals surface area contributed by atoms with E-state index < -0.39 is 23.8 Å². The Labute approximate surface area is 205 Å². The molecule has 1 rings (SSSR count). The maximum Gasteiger partial charge on any atom is 0.408 e. The summed E-state index contributed by atoms with van der Waals surface area (Å²) in [5.41, 5.74) is 0.828. The average molecular weight is 474 g/mol. The van der Waals surface area contributed by atoms with Gasteiger partial charge in [0.05, 0.1) is 0 Å². The van der Waals surface area contributed by atoms with Gasteiger partial charge >= 0.3 is 6.09 Å². The van der Waals surface area contributed by atoms with E-state index in [4.69, 9.17) is 4.74 Å². The third-order valence-electron chi connectivity index (χ3n) is 5.38. The largest absolute Gasteiger partial charge is 0.444 e. The van der Waals surface area contributed by atoms with Crippen molar-refractivity contribution in [3.05, 3.63) is 42.0 Å². The normalized spacial score (nSPS) is 14.2. The number of rotatable bonds is 10. The zero-order valence-electron chi connectivity index (χ0n) is 22.3. The van der Waals surface area contributed by atoms with Gasteiger partial charge in [0.25, 0.3) is 0 Å². The van der Waals surface area contributed by atoms with Gasteiger partial charge in [0, 0.05) is 12.1 Å². The number of carbonyl (C=O) groups is 3. The van der Waals surface area contributed by atoms with Gasteiger partial charge < -0.3 is 20.3 Å². The highest BCUT2D eigenvalue weighted by atomic mass is 16.6. The fourth-order valence-electron chi connectivity index (χ4n) is 3.62. The van der Waals surface area contributed by atoms with Crippen molar-refractivity contribution < 1.29 is 19.1 Å². The highest BCUT2D eigenvalue weighted by Gasteiger charge is 2.39. The molecule has 0 saturated heterocycles. The summed E-state index contributed by atoms with van der Waals surface area (Å²) in [4.78, 5) is 41.6. The van der Waals surface area contributed by atoms with Crippen molar-refractivity contribution in [1.29, 1.82) is 0 Å². The molecular weight excluding hydrogens is 430 g/mol. The fraction of sp³-hybridized carbons (Fsp3) is 0.593. The van der Waals surface area contributed by atoms with Gasteiger partial charge in [-0.1, -0.05) is 51.1 Å².